The molecule has 0 aliphatic rings. The van der Waals surface area contributed by atoms with E-state index in [4.69, 9.17) is 5.11 Å². The molecule has 0 bridgehead atoms. The minimum absolute atomic E-state index is 0.0445. The highest BCUT2D eigenvalue weighted by Gasteiger charge is 2.04. The molecule has 2 aromatic rings. The molecule has 0 unspecified atom stereocenters. The first-order valence-corrected chi connectivity index (χ1v) is 6.16. The van der Waals surface area contributed by atoms with Crippen molar-refractivity contribution in [1.29, 1.82) is 0 Å². The zero-order chi connectivity index (χ0) is 13.8. The largest absolute Gasteiger partial charge is 0.477 e. The van der Waals surface area contributed by atoms with Crippen LogP contribution in [0.15, 0.2) is 36.5 Å². The Balaban J connectivity index is 2.16. The average molecular weight is 256 g/mol. The Labute approximate surface area is 112 Å². The number of aromatic carboxylic acids is 1. The van der Waals surface area contributed by atoms with Crippen molar-refractivity contribution in [1.82, 2.24) is 4.98 Å². The van der Waals surface area contributed by atoms with Crippen LogP contribution in [0.4, 0.5) is 11.4 Å². The number of rotatable bonds is 4. The maximum Gasteiger partial charge on any atom is 0.354 e. The van der Waals surface area contributed by atoms with Gasteiger partial charge in [-0.2, -0.15) is 0 Å². The molecule has 0 atom stereocenters. The lowest BCUT2D eigenvalue weighted by atomic mass is 10.1. The highest BCUT2D eigenvalue weighted by Crippen LogP contribution is 2.19. The van der Waals surface area contributed by atoms with Crippen LogP contribution in [0.1, 0.15) is 28.5 Å². The summed E-state index contributed by atoms with van der Waals surface area (Å²) < 4.78 is 0. The molecule has 1 aromatic carbocycles. The third-order valence-corrected chi connectivity index (χ3v) is 2.99. The molecule has 0 saturated heterocycles. The molecule has 0 amide bonds. The Kier molecular flexibility index (Phi) is 3.80. The zero-order valence-electron chi connectivity index (χ0n) is 11.0. The SMILES string of the molecule is CCc1ccc(Nc2ccc(C(=O)O)nc2)cc1C. The lowest BCUT2D eigenvalue weighted by Crippen LogP contribution is -2.00. The van der Waals surface area contributed by atoms with E-state index in [1.165, 1.54) is 23.4 Å². The second-order valence-corrected chi connectivity index (χ2v) is 4.36. The quantitative estimate of drug-likeness (QED) is 0.880. The van der Waals surface area contributed by atoms with Gasteiger partial charge >= 0.3 is 5.97 Å². The molecule has 0 radical (unpaired) electrons. The first-order valence-electron chi connectivity index (χ1n) is 6.16. The summed E-state index contributed by atoms with van der Waals surface area (Å²) in [4.78, 5) is 14.6. The van der Waals surface area contributed by atoms with Crippen LogP contribution in [0.5, 0.6) is 0 Å². The molecule has 0 aliphatic carbocycles. The van der Waals surface area contributed by atoms with E-state index in [0.29, 0.717) is 0 Å². The summed E-state index contributed by atoms with van der Waals surface area (Å²) in [7, 11) is 0. The summed E-state index contributed by atoms with van der Waals surface area (Å²) >= 11 is 0. The standard InChI is InChI=1S/C15H16N2O2/c1-3-11-4-5-12(8-10(11)2)17-13-6-7-14(15(18)19)16-9-13/h4-9,17H,3H2,1-2H3,(H,18,19). The predicted octanol–water partition coefficient (Wildman–Crippen LogP) is 3.39. The van der Waals surface area contributed by atoms with Gasteiger partial charge in [0.05, 0.1) is 11.9 Å². The van der Waals surface area contributed by atoms with Gasteiger partial charge in [-0.25, -0.2) is 9.78 Å². The van der Waals surface area contributed by atoms with E-state index in [1.54, 1.807) is 6.07 Å². The number of aryl methyl sites for hydroxylation is 2. The van der Waals surface area contributed by atoms with Crippen LogP contribution >= 0.6 is 0 Å². The molecule has 1 aromatic heterocycles. The molecule has 19 heavy (non-hydrogen) atoms. The monoisotopic (exact) mass is 256 g/mol. The average Bonchev–Trinajstić information content (AvgIpc) is 2.39. The van der Waals surface area contributed by atoms with Crippen LogP contribution in [-0.4, -0.2) is 16.1 Å². The fraction of sp³-hybridized carbons (Fsp3) is 0.200. The van der Waals surface area contributed by atoms with E-state index in [0.717, 1.165) is 17.8 Å². The number of hydrogen-bond acceptors (Lipinski definition) is 3. The van der Waals surface area contributed by atoms with Gasteiger partial charge in [-0.05, 0) is 48.7 Å². The van der Waals surface area contributed by atoms with E-state index < -0.39 is 5.97 Å². The molecule has 1 heterocycles. The molecule has 0 saturated carbocycles. The Morgan fingerprint density at radius 3 is 2.53 bits per heavy atom. The highest BCUT2D eigenvalue weighted by molar-refractivity contribution is 5.85. The van der Waals surface area contributed by atoms with Crippen molar-refractivity contribution in [3.05, 3.63) is 53.3 Å². The molecule has 0 aliphatic heterocycles. The topological polar surface area (TPSA) is 62.2 Å². The second kappa shape index (κ2) is 5.52. The molecule has 2 rings (SSSR count). The summed E-state index contributed by atoms with van der Waals surface area (Å²) in [6.45, 7) is 4.21. The normalized spacial score (nSPS) is 10.2. The fourth-order valence-corrected chi connectivity index (χ4v) is 1.93. The summed E-state index contributed by atoms with van der Waals surface area (Å²) in [5.41, 5.74) is 4.35. The molecule has 2 N–H and O–H groups in total. The smallest absolute Gasteiger partial charge is 0.354 e. The molecule has 4 heteroatoms. The Bertz CT molecular complexity index is 592. The number of carbonyl (C=O) groups is 1. The molecule has 98 valence electrons. The summed E-state index contributed by atoms with van der Waals surface area (Å²) in [5, 5.41) is 12.0. The van der Waals surface area contributed by atoms with E-state index >= 15 is 0 Å². The van der Waals surface area contributed by atoms with Crippen LogP contribution in [0.3, 0.4) is 0 Å². The van der Waals surface area contributed by atoms with E-state index in [-0.39, 0.29) is 5.69 Å². The fourth-order valence-electron chi connectivity index (χ4n) is 1.93. The summed E-state index contributed by atoms with van der Waals surface area (Å²) in [6.07, 6.45) is 2.54. The number of aromatic nitrogens is 1. The summed E-state index contributed by atoms with van der Waals surface area (Å²) in [6, 6.07) is 9.37. The predicted molar refractivity (Wildman–Crippen MR) is 75.0 cm³/mol. The summed E-state index contributed by atoms with van der Waals surface area (Å²) in [5.74, 6) is -1.02. The van der Waals surface area contributed by atoms with E-state index in [9.17, 15) is 4.79 Å². The van der Waals surface area contributed by atoms with Crippen molar-refractivity contribution in [2.24, 2.45) is 0 Å². The van der Waals surface area contributed by atoms with Crippen LogP contribution < -0.4 is 5.32 Å². The molecule has 4 nitrogen and oxygen atoms in total. The van der Waals surface area contributed by atoms with Gasteiger partial charge in [0.2, 0.25) is 0 Å². The molecule has 0 fully saturated rings. The third-order valence-electron chi connectivity index (χ3n) is 2.99. The van der Waals surface area contributed by atoms with Crippen molar-refractivity contribution in [2.45, 2.75) is 20.3 Å². The minimum Gasteiger partial charge on any atom is -0.477 e. The van der Waals surface area contributed by atoms with Crippen molar-refractivity contribution in [2.75, 3.05) is 5.32 Å². The van der Waals surface area contributed by atoms with Crippen molar-refractivity contribution >= 4 is 17.3 Å². The highest BCUT2D eigenvalue weighted by atomic mass is 16.4. The number of carboxylic acids is 1. The zero-order valence-corrected chi connectivity index (χ0v) is 11.0. The Morgan fingerprint density at radius 1 is 1.26 bits per heavy atom. The van der Waals surface area contributed by atoms with Gasteiger partial charge in [0, 0.05) is 5.69 Å². The lowest BCUT2D eigenvalue weighted by Gasteiger charge is -2.09. The number of nitrogens with one attached hydrogen (secondary N) is 1. The van der Waals surface area contributed by atoms with Gasteiger partial charge < -0.3 is 10.4 Å². The van der Waals surface area contributed by atoms with Gasteiger partial charge in [0.1, 0.15) is 5.69 Å². The first-order chi connectivity index (χ1) is 9.10. The van der Waals surface area contributed by atoms with Gasteiger partial charge in [-0.1, -0.05) is 13.0 Å². The molecule has 0 spiro atoms. The first kappa shape index (κ1) is 13.1. The number of carboxylic acid groups (broad SMARTS) is 1. The molecular weight excluding hydrogens is 240 g/mol. The van der Waals surface area contributed by atoms with Gasteiger partial charge in [0.15, 0.2) is 0 Å². The number of hydrogen-bond donors (Lipinski definition) is 2. The lowest BCUT2D eigenvalue weighted by molar-refractivity contribution is 0.0690. The van der Waals surface area contributed by atoms with E-state index in [1.807, 2.05) is 6.07 Å². The number of pyridine rings is 1. The van der Waals surface area contributed by atoms with Crippen molar-refractivity contribution in [3.8, 4) is 0 Å². The second-order valence-electron chi connectivity index (χ2n) is 4.36. The van der Waals surface area contributed by atoms with Crippen molar-refractivity contribution in [3.63, 3.8) is 0 Å². The number of nitrogens with zero attached hydrogens (tertiary/aromatic N) is 1. The van der Waals surface area contributed by atoms with Crippen molar-refractivity contribution < 1.29 is 9.90 Å². The molecular formula is C15H16N2O2. The van der Waals surface area contributed by atoms with Crippen LogP contribution in [0.2, 0.25) is 0 Å². The maximum atomic E-state index is 10.7. The Morgan fingerprint density at radius 2 is 2.00 bits per heavy atom. The van der Waals surface area contributed by atoms with Crippen LogP contribution in [0.25, 0.3) is 0 Å². The third kappa shape index (κ3) is 3.10. The maximum absolute atomic E-state index is 10.7. The minimum atomic E-state index is -1.02. The van der Waals surface area contributed by atoms with Gasteiger partial charge in [-0.3, -0.25) is 0 Å². The van der Waals surface area contributed by atoms with E-state index in [2.05, 4.69) is 36.3 Å². The number of benzene rings is 1. The van der Waals surface area contributed by atoms with Crippen LogP contribution in [0, 0.1) is 6.92 Å². The van der Waals surface area contributed by atoms with Gasteiger partial charge in [-0.15, -0.1) is 0 Å². The number of anilines is 2. The van der Waals surface area contributed by atoms with Crippen LogP contribution in [-0.2, 0) is 6.42 Å². The Hall–Kier alpha value is -2.36. The van der Waals surface area contributed by atoms with Gasteiger partial charge in [0.25, 0.3) is 0 Å².